The third-order valence-corrected chi connectivity index (χ3v) is 4.66. The Morgan fingerprint density at radius 1 is 1.18 bits per heavy atom. The summed E-state index contributed by atoms with van der Waals surface area (Å²) in [4.78, 5) is 12.3. The molecule has 1 aliphatic heterocycles. The van der Waals surface area contributed by atoms with Gasteiger partial charge < -0.3 is 10.6 Å². The first-order valence-electron chi connectivity index (χ1n) is 8.61. The van der Waals surface area contributed by atoms with Gasteiger partial charge in [0.05, 0.1) is 6.54 Å². The minimum absolute atomic E-state index is 0.200. The van der Waals surface area contributed by atoms with Crippen molar-refractivity contribution in [2.45, 2.75) is 44.9 Å². The van der Waals surface area contributed by atoms with Gasteiger partial charge >= 0.3 is 0 Å². The first-order chi connectivity index (χ1) is 10.8. The lowest BCUT2D eigenvalue weighted by atomic mass is 9.97. The molecule has 3 rings (SSSR count). The molecule has 0 aromatic heterocycles. The van der Waals surface area contributed by atoms with Gasteiger partial charge in [0.15, 0.2) is 5.78 Å². The molecular weight excluding hydrogens is 272 g/mol. The van der Waals surface area contributed by atoms with Crippen LogP contribution in [0.25, 0.3) is 0 Å². The second-order valence-corrected chi connectivity index (χ2v) is 6.36. The van der Waals surface area contributed by atoms with Gasteiger partial charge in [0.2, 0.25) is 0 Å². The van der Waals surface area contributed by atoms with Crippen LogP contribution in [0.1, 0.15) is 54.4 Å². The number of carbonyl (C=O) groups excluding carboxylic acids is 1. The van der Waals surface area contributed by atoms with E-state index in [0.717, 1.165) is 37.9 Å². The van der Waals surface area contributed by atoms with E-state index in [1.54, 1.807) is 5.57 Å². The van der Waals surface area contributed by atoms with E-state index >= 15 is 0 Å². The Morgan fingerprint density at radius 3 is 3.00 bits per heavy atom. The van der Waals surface area contributed by atoms with Crippen LogP contribution in [0.5, 0.6) is 0 Å². The lowest BCUT2D eigenvalue weighted by molar-refractivity contribution is 0.0991. The van der Waals surface area contributed by atoms with Crippen LogP contribution >= 0.6 is 0 Å². The predicted octanol–water partition coefficient (Wildman–Crippen LogP) is 3.71. The number of Topliss-reactive ketones (excluding diaryl/α,β-unsaturated/α-hetero) is 1. The fourth-order valence-corrected chi connectivity index (χ4v) is 3.33. The van der Waals surface area contributed by atoms with Crippen LogP contribution in [0.2, 0.25) is 0 Å². The third-order valence-electron chi connectivity index (χ3n) is 4.66. The summed E-state index contributed by atoms with van der Waals surface area (Å²) in [6.07, 6.45) is 10.8. The highest BCUT2D eigenvalue weighted by molar-refractivity contribution is 5.98. The molecule has 0 amide bonds. The Morgan fingerprint density at radius 2 is 2.14 bits per heavy atom. The number of rotatable bonds is 6. The molecule has 0 radical (unpaired) electrons. The molecule has 3 heteroatoms. The zero-order valence-corrected chi connectivity index (χ0v) is 13.3. The van der Waals surface area contributed by atoms with Gasteiger partial charge in [-0.25, -0.2) is 0 Å². The molecule has 0 bridgehead atoms. The van der Waals surface area contributed by atoms with Crippen LogP contribution in [0, 0.1) is 0 Å². The van der Waals surface area contributed by atoms with Crippen molar-refractivity contribution >= 4 is 11.5 Å². The van der Waals surface area contributed by atoms with Gasteiger partial charge in [-0.2, -0.15) is 0 Å². The maximum Gasteiger partial charge on any atom is 0.176 e. The van der Waals surface area contributed by atoms with Crippen LogP contribution < -0.4 is 10.6 Å². The van der Waals surface area contributed by atoms with E-state index < -0.39 is 0 Å². The van der Waals surface area contributed by atoms with Crippen molar-refractivity contribution in [2.75, 3.05) is 25.0 Å². The number of allylic oxidation sites excluding steroid dienone is 1. The number of ketones is 1. The first-order valence-corrected chi connectivity index (χ1v) is 8.61. The number of hydrogen-bond acceptors (Lipinski definition) is 3. The molecule has 1 aromatic carbocycles. The number of anilines is 1. The lowest BCUT2D eigenvalue weighted by Gasteiger charge is -2.18. The standard InChI is InChI=1S/C19H26N2O/c22-19(14-20-12-10-15-5-2-1-3-6-15)17-8-9-18-16(13-17)7-4-11-21-18/h5,8-9,13,20-21H,1-4,6-7,10-12,14H2. The van der Waals surface area contributed by atoms with Crippen LogP contribution in [-0.2, 0) is 6.42 Å². The molecule has 1 aromatic rings. The molecule has 1 heterocycles. The van der Waals surface area contributed by atoms with Crippen LogP contribution in [0.3, 0.4) is 0 Å². The van der Waals surface area contributed by atoms with E-state index in [9.17, 15) is 4.79 Å². The average molecular weight is 298 g/mol. The van der Waals surface area contributed by atoms with Gasteiger partial charge in [-0.3, -0.25) is 4.79 Å². The maximum atomic E-state index is 12.3. The van der Waals surface area contributed by atoms with E-state index in [4.69, 9.17) is 0 Å². The molecule has 0 spiro atoms. The highest BCUT2D eigenvalue weighted by atomic mass is 16.1. The minimum atomic E-state index is 0.200. The highest BCUT2D eigenvalue weighted by Crippen LogP contribution is 2.23. The molecule has 2 aliphatic rings. The minimum Gasteiger partial charge on any atom is -0.385 e. The number of carbonyl (C=O) groups is 1. The van der Waals surface area contributed by atoms with Crippen LogP contribution in [0.15, 0.2) is 29.8 Å². The van der Waals surface area contributed by atoms with Crippen molar-refractivity contribution in [3.8, 4) is 0 Å². The second kappa shape index (κ2) is 7.59. The largest absolute Gasteiger partial charge is 0.385 e. The number of fused-ring (bicyclic) bond motifs is 1. The fourth-order valence-electron chi connectivity index (χ4n) is 3.33. The molecule has 2 N–H and O–H groups in total. The van der Waals surface area contributed by atoms with Gasteiger partial charge in [0, 0.05) is 17.8 Å². The molecule has 1 aliphatic carbocycles. The normalized spacial score (nSPS) is 17.4. The van der Waals surface area contributed by atoms with E-state index in [1.807, 2.05) is 6.07 Å². The molecule has 3 nitrogen and oxygen atoms in total. The molecule has 0 unspecified atom stereocenters. The van der Waals surface area contributed by atoms with E-state index in [1.165, 1.54) is 36.9 Å². The summed E-state index contributed by atoms with van der Waals surface area (Å²) < 4.78 is 0. The van der Waals surface area contributed by atoms with E-state index in [0.29, 0.717) is 6.54 Å². The van der Waals surface area contributed by atoms with Gasteiger partial charge in [0.1, 0.15) is 0 Å². The number of hydrogen-bond donors (Lipinski definition) is 2. The third kappa shape index (κ3) is 3.98. The summed E-state index contributed by atoms with van der Waals surface area (Å²) in [6.45, 7) is 2.39. The summed E-state index contributed by atoms with van der Waals surface area (Å²) in [5, 5.41) is 6.69. The fraction of sp³-hybridized carbons (Fsp3) is 0.526. The SMILES string of the molecule is O=C(CNCCC1=CCCCC1)c1ccc2c(c1)CCCN2. The summed E-state index contributed by atoms with van der Waals surface area (Å²) in [5.74, 6) is 0.200. The Kier molecular flexibility index (Phi) is 5.28. The number of nitrogens with one attached hydrogen (secondary N) is 2. The van der Waals surface area contributed by atoms with Crippen molar-refractivity contribution in [3.05, 3.63) is 41.0 Å². The van der Waals surface area contributed by atoms with E-state index in [-0.39, 0.29) is 5.78 Å². The lowest BCUT2D eigenvalue weighted by Crippen LogP contribution is -2.24. The summed E-state index contributed by atoms with van der Waals surface area (Å²) >= 11 is 0. The molecule has 0 saturated carbocycles. The predicted molar refractivity (Wildman–Crippen MR) is 91.6 cm³/mol. The molecule has 0 fully saturated rings. The summed E-state index contributed by atoms with van der Waals surface area (Å²) in [7, 11) is 0. The van der Waals surface area contributed by atoms with Crippen molar-refractivity contribution in [3.63, 3.8) is 0 Å². The second-order valence-electron chi connectivity index (χ2n) is 6.36. The van der Waals surface area contributed by atoms with Crippen molar-refractivity contribution in [1.82, 2.24) is 5.32 Å². The Bertz CT molecular complexity index is 563. The molecular formula is C19H26N2O. The zero-order valence-electron chi connectivity index (χ0n) is 13.3. The van der Waals surface area contributed by atoms with Gasteiger partial charge in [-0.15, -0.1) is 0 Å². The molecule has 118 valence electrons. The molecule has 22 heavy (non-hydrogen) atoms. The first kappa shape index (κ1) is 15.3. The van der Waals surface area contributed by atoms with Gasteiger partial charge in [-0.05, 0) is 75.3 Å². The summed E-state index contributed by atoms with van der Waals surface area (Å²) in [6, 6.07) is 6.06. The quantitative estimate of drug-likeness (QED) is 0.478. The monoisotopic (exact) mass is 298 g/mol. The molecule has 0 saturated heterocycles. The van der Waals surface area contributed by atoms with Crippen LogP contribution in [-0.4, -0.2) is 25.4 Å². The number of benzene rings is 1. The topological polar surface area (TPSA) is 41.1 Å². The summed E-state index contributed by atoms with van der Waals surface area (Å²) in [5.41, 5.74) is 4.88. The average Bonchev–Trinajstić information content (AvgIpc) is 2.59. The van der Waals surface area contributed by atoms with Crippen molar-refractivity contribution in [1.29, 1.82) is 0 Å². The van der Waals surface area contributed by atoms with Gasteiger partial charge in [-0.1, -0.05) is 11.6 Å². The Balaban J connectivity index is 1.46. The Hall–Kier alpha value is -1.61. The molecule has 0 atom stereocenters. The number of aryl methyl sites for hydroxylation is 1. The zero-order chi connectivity index (χ0) is 15.2. The highest BCUT2D eigenvalue weighted by Gasteiger charge is 2.12. The van der Waals surface area contributed by atoms with Crippen molar-refractivity contribution in [2.24, 2.45) is 0 Å². The van der Waals surface area contributed by atoms with Crippen molar-refractivity contribution < 1.29 is 4.79 Å². The maximum absolute atomic E-state index is 12.3. The Labute approximate surface area is 133 Å². The van der Waals surface area contributed by atoms with Crippen LogP contribution in [0.4, 0.5) is 5.69 Å². The van der Waals surface area contributed by atoms with Gasteiger partial charge in [0.25, 0.3) is 0 Å². The van der Waals surface area contributed by atoms with E-state index in [2.05, 4.69) is 28.8 Å². The smallest absolute Gasteiger partial charge is 0.176 e.